The van der Waals surface area contributed by atoms with E-state index < -0.39 is 4.92 Å². The Labute approximate surface area is 125 Å². The van der Waals surface area contributed by atoms with Crippen LogP contribution in [0.25, 0.3) is 0 Å². The standard InChI is InChI=1S/C13H17BrN2O4/c1-9-5-15-6-12(20-9)8-19-7-10-2-3-11(16(17)18)4-13(10)14/h2-4,9,12,15H,5-8H2,1H3. The number of nitro groups is 1. The van der Waals surface area contributed by atoms with Crippen molar-refractivity contribution in [2.75, 3.05) is 19.7 Å². The highest BCUT2D eigenvalue weighted by Gasteiger charge is 2.18. The molecule has 20 heavy (non-hydrogen) atoms. The van der Waals surface area contributed by atoms with Crippen molar-refractivity contribution in [3.63, 3.8) is 0 Å². The molecular weight excluding hydrogens is 328 g/mol. The van der Waals surface area contributed by atoms with Crippen molar-refractivity contribution in [3.8, 4) is 0 Å². The van der Waals surface area contributed by atoms with Gasteiger partial charge in [-0.1, -0.05) is 15.9 Å². The van der Waals surface area contributed by atoms with Crippen LogP contribution < -0.4 is 5.32 Å². The van der Waals surface area contributed by atoms with Gasteiger partial charge in [-0.2, -0.15) is 0 Å². The monoisotopic (exact) mass is 344 g/mol. The summed E-state index contributed by atoms with van der Waals surface area (Å²) in [6.07, 6.45) is 0.249. The van der Waals surface area contributed by atoms with Crippen LogP contribution in [0.5, 0.6) is 0 Å². The summed E-state index contributed by atoms with van der Waals surface area (Å²) in [6, 6.07) is 4.66. The zero-order chi connectivity index (χ0) is 14.5. The number of hydrogen-bond acceptors (Lipinski definition) is 5. The lowest BCUT2D eigenvalue weighted by atomic mass is 10.2. The summed E-state index contributed by atoms with van der Waals surface area (Å²) >= 11 is 3.32. The molecule has 1 heterocycles. The minimum atomic E-state index is -0.418. The van der Waals surface area contributed by atoms with Gasteiger partial charge in [-0.3, -0.25) is 10.1 Å². The third-order valence-electron chi connectivity index (χ3n) is 3.04. The maximum absolute atomic E-state index is 10.6. The van der Waals surface area contributed by atoms with Gasteiger partial charge in [0.1, 0.15) is 0 Å². The van der Waals surface area contributed by atoms with Crippen LogP contribution in [0.2, 0.25) is 0 Å². The predicted molar refractivity (Wildman–Crippen MR) is 77.7 cm³/mol. The van der Waals surface area contributed by atoms with Crippen LogP contribution in [0, 0.1) is 10.1 Å². The summed E-state index contributed by atoms with van der Waals surface area (Å²) in [6.45, 7) is 4.57. The average Bonchev–Trinajstić information content (AvgIpc) is 2.40. The first kappa shape index (κ1) is 15.4. The molecule has 0 aliphatic carbocycles. The van der Waals surface area contributed by atoms with Gasteiger partial charge in [0.25, 0.3) is 5.69 Å². The van der Waals surface area contributed by atoms with Gasteiger partial charge in [-0.25, -0.2) is 0 Å². The Balaban J connectivity index is 1.83. The molecule has 2 unspecified atom stereocenters. The minimum Gasteiger partial charge on any atom is -0.374 e. The molecule has 1 saturated heterocycles. The van der Waals surface area contributed by atoms with E-state index in [1.165, 1.54) is 12.1 Å². The van der Waals surface area contributed by atoms with Crippen molar-refractivity contribution >= 4 is 21.6 Å². The highest BCUT2D eigenvalue weighted by atomic mass is 79.9. The number of hydrogen-bond donors (Lipinski definition) is 1. The van der Waals surface area contributed by atoms with Crippen molar-refractivity contribution in [3.05, 3.63) is 38.3 Å². The molecule has 1 aliphatic rings. The molecule has 1 aromatic rings. The van der Waals surface area contributed by atoms with Gasteiger partial charge in [0.2, 0.25) is 0 Å². The van der Waals surface area contributed by atoms with Crippen LogP contribution in [0.3, 0.4) is 0 Å². The van der Waals surface area contributed by atoms with Gasteiger partial charge in [0, 0.05) is 29.7 Å². The van der Waals surface area contributed by atoms with E-state index in [2.05, 4.69) is 21.2 Å². The Morgan fingerprint density at radius 2 is 2.35 bits per heavy atom. The number of morpholine rings is 1. The van der Waals surface area contributed by atoms with Gasteiger partial charge in [0.15, 0.2) is 0 Å². The molecule has 2 atom stereocenters. The van der Waals surface area contributed by atoms with Gasteiger partial charge < -0.3 is 14.8 Å². The first-order valence-electron chi connectivity index (χ1n) is 6.43. The maximum Gasteiger partial charge on any atom is 0.270 e. The maximum atomic E-state index is 10.6. The molecule has 110 valence electrons. The van der Waals surface area contributed by atoms with Crippen LogP contribution in [0.15, 0.2) is 22.7 Å². The zero-order valence-corrected chi connectivity index (χ0v) is 12.8. The summed E-state index contributed by atoms with van der Waals surface area (Å²) in [5.41, 5.74) is 0.946. The van der Waals surface area contributed by atoms with Gasteiger partial charge in [0.05, 0.1) is 30.3 Å². The topological polar surface area (TPSA) is 73.6 Å². The lowest BCUT2D eigenvalue weighted by Crippen LogP contribution is -2.45. The first-order chi connectivity index (χ1) is 9.56. The van der Waals surface area contributed by atoms with E-state index >= 15 is 0 Å². The molecule has 1 aliphatic heterocycles. The van der Waals surface area contributed by atoms with Crippen molar-refractivity contribution in [2.45, 2.75) is 25.7 Å². The number of nitrogens with zero attached hydrogens (tertiary/aromatic N) is 1. The Hall–Kier alpha value is -1.02. The number of benzene rings is 1. The van der Waals surface area contributed by atoms with E-state index in [0.717, 1.165) is 18.7 Å². The Bertz CT molecular complexity index is 483. The summed E-state index contributed by atoms with van der Waals surface area (Å²) < 4.78 is 12.0. The van der Waals surface area contributed by atoms with E-state index in [1.54, 1.807) is 6.07 Å². The number of halogens is 1. The van der Waals surface area contributed by atoms with Crippen LogP contribution in [0.4, 0.5) is 5.69 Å². The summed E-state index contributed by atoms with van der Waals surface area (Å²) in [5, 5.41) is 13.9. The van der Waals surface area contributed by atoms with Crippen molar-refractivity contribution in [2.24, 2.45) is 0 Å². The average molecular weight is 345 g/mol. The molecule has 0 saturated carbocycles. The third kappa shape index (κ3) is 4.24. The van der Waals surface area contributed by atoms with Gasteiger partial charge in [-0.05, 0) is 18.6 Å². The molecule has 0 amide bonds. The Kier molecular flexibility index (Phi) is 5.47. The predicted octanol–water partition coefficient (Wildman–Crippen LogP) is 2.25. The normalized spacial score (nSPS) is 22.7. The van der Waals surface area contributed by atoms with Gasteiger partial charge in [-0.15, -0.1) is 0 Å². The quantitative estimate of drug-likeness (QED) is 0.655. The fourth-order valence-corrected chi connectivity index (χ4v) is 2.52. The summed E-state index contributed by atoms with van der Waals surface area (Å²) in [7, 11) is 0. The van der Waals surface area contributed by atoms with Crippen molar-refractivity contribution < 1.29 is 14.4 Å². The number of ether oxygens (including phenoxy) is 2. The molecule has 7 heteroatoms. The largest absolute Gasteiger partial charge is 0.374 e. The lowest BCUT2D eigenvalue weighted by molar-refractivity contribution is -0.384. The first-order valence-corrected chi connectivity index (χ1v) is 7.22. The Morgan fingerprint density at radius 3 is 3.00 bits per heavy atom. The highest BCUT2D eigenvalue weighted by molar-refractivity contribution is 9.10. The second kappa shape index (κ2) is 7.12. The number of non-ortho nitro benzene ring substituents is 1. The van der Waals surface area contributed by atoms with E-state index in [1.807, 2.05) is 6.92 Å². The number of nitro benzene ring substituents is 1. The molecule has 1 N–H and O–H groups in total. The van der Waals surface area contributed by atoms with Crippen LogP contribution in [0.1, 0.15) is 12.5 Å². The fourth-order valence-electron chi connectivity index (χ4n) is 2.04. The minimum absolute atomic E-state index is 0.0515. The molecule has 0 radical (unpaired) electrons. The van der Waals surface area contributed by atoms with Gasteiger partial charge >= 0.3 is 0 Å². The highest BCUT2D eigenvalue weighted by Crippen LogP contribution is 2.23. The number of rotatable bonds is 5. The summed E-state index contributed by atoms with van der Waals surface area (Å²) in [5.74, 6) is 0. The molecule has 0 bridgehead atoms. The SMILES string of the molecule is CC1CNCC(COCc2ccc([N+](=O)[O-])cc2Br)O1. The molecule has 2 rings (SSSR count). The second-order valence-electron chi connectivity index (χ2n) is 4.77. The van der Waals surface area contributed by atoms with Crippen molar-refractivity contribution in [1.82, 2.24) is 5.32 Å². The van der Waals surface area contributed by atoms with Crippen LogP contribution in [-0.4, -0.2) is 36.8 Å². The van der Waals surface area contributed by atoms with E-state index in [0.29, 0.717) is 17.7 Å². The van der Waals surface area contributed by atoms with E-state index in [-0.39, 0.29) is 17.9 Å². The third-order valence-corrected chi connectivity index (χ3v) is 3.78. The van der Waals surface area contributed by atoms with E-state index in [9.17, 15) is 10.1 Å². The Morgan fingerprint density at radius 1 is 1.55 bits per heavy atom. The molecule has 1 aromatic carbocycles. The van der Waals surface area contributed by atoms with Crippen LogP contribution >= 0.6 is 15.9 Å². The second-order valence-corrected chi connectivity index (χ2v) is 5.63. The molecular formula is C13H17BrN2O4. The van der Waals surface area contributed by atoms with Crippen molar-refractivity contribution in [1.29, 1.82) is 0 Å². The smallest absolute Gasteiger partial charge is 0.270 e. The summed E-state index contributed by atoms with van der Waals surface area (Å²) in [4.78, 5) is 10.2. The molecule has 0 spiro atoms. The number of nitrogens with one attached hydrogen (secondary N) is 1. The zero-order valence-electron chi connectivity index (χ0n) is 11.2. The van der Waals surface area contributed by atoms with Crippen LogP contribution in [-0.2, 0) is 16.1 Å². The molecule has 1 fully saturated rings. The molecule has 6 nitrogen and oxygen atoms in total. The van der Waals surface area contributed by atoms with E-state index in [4.69, 9.17) is 9.47 Å². The molecule has 0 aromatic heterocycles. The lowest BCUT2D eigenvalue weighted by Gasteiger charge is -2.28. The fraction of sp³-hybridized carbons (Fsp3) is 0.538.